The van der Waals surface area contributed by atoms with Crippen LogP contribution in [-0.4, -0.2) is 56.4 Å². The third kappa shape index (κ3) is 17.4. The number of carboxylic acids is 1. The molecule has 0 fully saturated rings. The highest BCUT2D eigenvalue weighted by atomic mass is 16.7. The van der Waals surface area contributed by atoms with Crippen molar-refractivity contribution < 1.29 is 33.6 Å². The van der Waals surface area contributed by atoms with E-state index in [1.807, 2.05) is 0 Å². The molecule has 0 saturated heterocycles. The zero-order valence-corrected chi connectivity index (χ0v) is 15.7. The smallest absolute Gasteiger partial charge is 0.305 e. The molecule has 0 rings (SSSR count). The van der Waals surface area contributed by atoms with Crippen molar-refractivity contribution in [2.75, 3.05) is 33.0 Å². The maximum Gasteiger partial charge on any atom is 0.305 e. The van der Waals surface area contributed by atoms with E-state index in [0.29, 0.717) is 32.7 Å². The molecule has 0 aromatic heterocycles. The Bertz CT molecular complexity index is 333. The molecule has 7 heteroatoms. The van der Waals surface area contributed by atoms with Crippen LogP contribution in [0.2, 0.25) is 0 Å². The lowest BCUT2D eigenvalue weighted by Gasteiger charge is -2.18. The second kappa shape index (κ2) is 17.6. The van der Waals surface area contributed by atoms with Crippen LogP contribution in [0.15, 0.2) is 0 Å². The fourth-order valence-electron chi connectivity index (χ4n) is 1.88. The van der Waals surface area contributed by atoms with Crippen LogP contribution in [0, 0.1) is 0 Å². The third-order valence-corrected chi connectivity index (χ3v) is 3.37. The van der Waals surface area contributed by atoms with Gasteiger partial charge in [-0.2, -0.15) is 0 Å². The monoisotopic (exact) mass is 362 g/mol. The molecule has 7 nitrogen and oxygen atoms in total. The highest BCUT2D eigenvalue weighted by molar-refractivity contribution is 5.69. The summed E-state index contributed by atoms with van der Waals surface area (Å²) < 4.78 is 21.8. The van der Waals surface area contributed by atoms with Crippen molar-refractivity contribution in [2.45, 2.75) is 71.5 Å². The van der Waals surface area contributed by atoms with Crippen molar-refractivity contribution >= 4 is 11.9 Å². The fraction of sp³-hybridized carbons (Fsp3) is 0.889. The molecule has 0 aromatic rings. The molecule has 1 unspecified atom stereocenters. The van der Waals surface area contributed by atoms with E-state index in [9.17, 15) is 9.59 Å². The van der Waals surface area contributed by atoms with E-state index in [1.54, 1.807) is 0 Å². The number of ether oxygens (including phenoxy) is 4. The van der Waals surface area contributed by atoms with Gasteiger partial charge in [-0.25, -0.2) is 0 Å². The Hall–Kier alpha value is -1.18. The summed E-state index contributed by atoms with van der Waals surface area (Å²) >= 11 is 0. The van der Waals surface area contributed by atoms with E-state index >= 15 is 0 Å². The average molecular weight is 362 g/mol. The number of carbonyl (C=O) groups is 2. The van der Waals surface area contributed by atoms with Gasteiger partial charge in [0.1, 0.15) is 6.61 Å². The summed E-state index contributed by atoms with van der Waals surface area (Å²) in [6, 6.07) is 0. The van der Waals surface area contributed by atoms with Gasteiger partial charge in [0.2, 0.25) is 0 Å². The second-order valence-electron chi connectivity index (χ2n) is 5.77. The molecule has 25 heavy (non-hydrogen) atoms. The van der Waals surface area contributed by atoms with Crippen molar-refractivity contribution in [1.29, 1.82) is 0 Å². The SMILES string of the molecule is CCCCOCC(OCCCC)OCCOC(=O)CCCCC(=O)O. The number of hydrogen-bond acceptors (Lipinski definition) is 6. The van der Waals surface area contributed by atoms with Gasteiger partial charge in [0.25, 0.3) is 0 Å². The lowest BCUT2D eigenvalue weighted by Crippen LogP contribution is -2.26. The topological polar surface area (TPSA) is 91.3 Å². The molecule has 1 N–H and O–H groups in total. The molecule has 0 radical (unpaired) electrons. The van der Waals surface area contributed by atoms with Crippen LogP contribution in [0.1, 0.15) is 65.2 Å². The molecule has 0 amide bonds. The van der Waals surface area contributed by atoms with E-state index in [-0.39, 0.29) is 32.0 Å². The largest absolute Gasteiger partial charge is 0.481 e. The Kier molecular flexibility index (Phi) is 16.8. The van der Waals surface area contributed by atoms with Gasteiger partial charge in [0.05, 0.1) is 13.2 Å². The van der Waals surface area contributed by atoms with Gasteiger partial charge in [-0.05, 0) is 25.7 Å². The van der Waals surface area contributed by atoms with E-state index in [0.717, 1.165) is 25.7 Å². The minimum atomic E-state index is -0.850. The molecule has 0 aliphatic heterocycles. The fourth-order valence-corrected chi connectivity index (χ4v) is 1.88. The van der Waals surface area contributed by atoms with Crippen LogP contribution >= 0.6 is 0 Å². The summed E-state index contributed by atoms with van der Waals surface area (Å²) in [7, 11) is 0. The predicted octanol–water partition coefficient (Wildman–Crippen LogP) is 3.15. The van der Waals surface area contributed by atoms with Gasteiger partial charge in [-0.3, -0.25) is 9.59 Å². The molecule has 0 aromatic carbocycles. The van der Waals surface area contributed by atoms with Gasteiger partial charge in [0, 0.05) is 26.1 Å². The number of aliphatic carboxylic acids is 1. The van der Waals surface area contributed by atoms with Crippen molar-refractivity contribution in [3.05, 3.63) is 0 Å². The first kappa shape index (κ1) is 23.8. The van der Waals surface area contributed by atoms with Crippen LogP contribution in [-0.2, 0) is 28.5 Å². The first-order valence-electron chi connectivity index (χ1n) is 9.28. The maximum atomic E-state index is 11.5. The highest BCUT2D eigenvalue weighted by Crippen LogP contribution is 2.03. The van der Waals surface area contributed by atoms with Crippen LogP contribution in [0.5, 0.6) is 0 Å². The third-order valence-electron chi connectivity index (χ3n) is 3.37. The Balaban J connectivity index is 3.78. The van der Waals surface area contributed by atoms with Gasteiger partial charge in [-0.1, -0.05) is 26.7 Å². The summed E-state index contributed by atoms with van der Waals surface area (Å²) in [6.45, 7) is 6.25. The first-order valence-corrected chi connectivity index (χ1v) is 9.28. The van der Waals surface area contributed by atoms with E-state index in [4.69, 9.17) is 24.1 Å². The van der Waals surface area contributed by atoms with Crippen molar-refractivity contribution in [3.63, 3.8) is 0 Å². The molecule has 0 aliphatic rings. The number of carbonyl (C=O) groups excluding carboxylic acids is 1. The number of unbranched alkanes of at least 4 members (excludes halogenated alkanes) is 3. The lowest BCUT2D eigenvalue weighted by atomic mass is 10.2. The zero-order chi connectivity index (χ0) is 18.8. The Labute approximate surface area is 151 Å². The van der Waals surface area contributed by atoms with Crippen LogP contribution in [0.4, 0.5) is 0 Å². The predicted molar refractivity (Wildman–Crippen MR) is 93.4 cm³/mol. The first-order chi connectivity index (χ1) is 12.1. The number of hydrogen-bond donors (Lipinski definition) is 1. The van der Waals surface area contributed by atoms with Gasteiger partial charge < -0.3 is 24.1 Å². The average Bonchev–Trinajstić information content (AvgIpc) is 2.58. The molecular formula is C18H34O7. The summed E-state index contributed by atoms with van der Waals surface area (Å²) in [5.74, 6) is -1.19. The van der Waals surface area contributed by atoms with Gasteiger partial charge >= 0.3 is 11.9 Å². The van der Waals surface area contributed by atoms with E-state index in [1.165, 1.54) is 0 Å². The summed E-state index contributed by atoms with van der Waals surface area (Å²) in [5.41, 5.74) is 0. The highest BCUT2D eigenvalue weighted by Gasteiger charge is 2.10. The molecule has 0 saturated carbocycles. The molecule has 1 atom stereocenters. The number of carboxylic acid groups (broad SMARTS) is 1. The van der Waals surface area contributed by atoms with E-state index in [2.05, 4.69) is 13.8 Å². The van der Waals surface area contributed by atoms with Crippen LogP contribution in [0.3, 0.4) is 0 Å². The molecule has 0 bridgehead atoms. The number of rotatable bonds is 18. The summed E-state index contributed by atoms with van der Waals surface area (Å²) in [4.78, 5) is 21.9. The van der Waals surface area contributed by atoms with Gasteiger partial charge in [0.15, 0.2) is 6.29 Å². The lowest BCUT2D eigenvalue weighted by molar-refractivity contribution is -0.181. The Morgan fingerprint density at radius 3 is 2.16 bits per heavy atom. The van der Waals surface area contributed by atoms with Crippen LogP contribution in [0.25, 0.3) is 0 Å². The van der Waals surface area contributed by atoms with E-state index < -0.39 is 12.3 Å². The Morgan fingerprint density at radius 1 is 0.840 bits per heavy atom. The number of esters is 1. The molecular weight excluding hydrogens is 328 g/mol. The summed E-state index contributed by atoms with van der Waals surface area (Å²) in [6.07, 6.45) is 4.92. The molecule has 148 valence electrons. The van der Waals surface area contributed by atoms with Crippen LogP contribution < -0.4 is 0 Å². The van der Waals surface area contributed by atoms with Crippen molar-refractivity contribution in [1.82, 2.24) is 0 Å². The second-order valence-corrected chi connectivity index (χ2v) is 5.77. The standard InChI is InChI=1S/C18H34O7/c1-3-5-11-22-15-18(24-12-6-4-2)25-14-13-23-17(21)10-8-7-9-16(19)20/h18H,3-15H2,1-2H3,(H,19,20). The zero-order valence-electron chi connectivity index (χ0n) is 15.7. The molecule has 0 heterocycles. The minimum Gasteiger partial charge on any atom is -0.481 e. The Morgan fingerprint density at radius 2 is 1.48 bits per heavy atom. The quantitative estimate of drug-likeness (QED) is 0.227. The van der Waals surface area contributed by atoms with Crippen molar-refractivity contribution in [3.8, 4) is 0 Å². The maximum absolute atomic E-state index is 11.5. The van der Waals surface area contributed by atoms with Crippen molar-refractivity contribution in [2.24, 2.45) is 0 Å². The molecule has 0 spiro atoms. The normalized spacial score (nSPS) is 12.1. The molecule has 0 aliphatic carbocycles. The minimum absolute atomic E-state index is 0.0746. The summed E-state index contributed by atoms with van der Waals surface area (Å²) in [5, 5.41) is 8.52. The van der Waals surface area contributed by atoms with Gasteiger partial charge in [-0.15, -0.1) is 0 Å².